The zero-order valence-corrected chi connectivity index (χ0v) is 9.55. The lowest BCUT2D eigenvalue weighted by atomic mass is 10.1. The van der Waals surface area contributed by atoms with Gasteiger partial charge < -0.3 is 15.8 Å². The molecule has 0 bridgehead atoms. The minimum Gasteiger partial charge on any atom is -0.469 e. The summed E-state index contributed by atoms with van der Waals surface area (Å²) >= 11 is 0. The molecule has 0 aliphatic rings. The third-order valence-corrected chi connectivity index (χ3v) is 2.21. The summed E-state index contributed by atoms with van der Waals surface area (Å²) < 4.78 is 4.58. The van der Waals surface area contributed by atoms with Gasteiger partial charge in [-0.3, -0.25) is 14.6 Å². The SMILES string of the molecule is COC(=O)CC(NC(=O)CN)c1cccnc1. The van der Waals surface area contributed by atoms with Crippen LogP contribution in [0, 0.1) is 0 Å². The van der Waals surface area contributed by atoms with Gasteiger partial charge in [-0.1, -0.05) is 6.07 Å². The first-order valence-corrected chi connectivity index (χ1v) is 5.13. The molecule has 0 saturated heterocycles. The highest BCUT2D eigenvalue weighted by Crippen LogP contribution is 2.15. The summed E-state index contributed by atoms with van der Waals surface area (Å²) in [7, 11) is 1.30. The maximum absolute atomic E-state index is 11.3. The van der Waals surface area contributed by atoms with Gasteiger partial charge in [0.25, 0.3) is 0 Å². The zero-order chi connectivity index (χ0) is 12.7. The summed E-state index contributed by atoms with van der Waals surface area (Å²) in [4.78, 5) is 26.4. The van der Waals surface area contributed by atoms with E-state index in [0.29, 0.717) is 0 Å². The first-order chi connectivity index (χ1) is 8.17. The molecule has 1 aromatic heterocycles. The van der Waals surface area contributed by atoms with Crippen molar-refractivity contribution in [2.24, 2.45) is 5.73 Å². The number of nitrogens with two attached hydrogens (primary N) is 1. The second-order valence-electron chi connectivity index (χ2n) is 3.39. The van der Waals surface area contributed by atoms with Crippen LogP contribution >= 0.6 is 0 Å². The highest BCUT2D eigenvalue weighted by Gasteiger charge is 2.18. The molecule has 6 heteroatoms. The highest BCUT2D eigenvalue weighted by atomic mass is 16.5. The summed E-state index contributed by atoms with van der Waals surface area (Å²) in [6.07, 6.45) is 3.25. The summed E-state index contributed by atoms with van der Waals surface area (Å²) in [6.45, 7) is -0.127. The largest absolute Gasteiger partial charge is 0.469 e. The molecular formula is C11H15N3O3. The van der Waals surface area contributed by atoms with E-state index in [1.54, 1.807) is 24.5 Å². The standard InChI is InChI=1S/C11H15N3O3/c1-17-11(16)5-9(14-10(15)6-12)8-3-2-4-13-7-8/h2-4,7,9H,5-6,12H2,1H3,(H,14,15). The third-order valence-electron chi connectivity index (χ3n) is 2.21. The number of methoxy groups -OCH3 is 1. The lowest BCUT2D eigenvalue weighted by Gasteiger charge is -2.17. The van der Waals surface area contributed by atoms with E-state index in [4.69, 9.17) is 5.73 Å². The number of ether oxygens (including phenoxy) is 1. The average Bonchev–Trinajstić information content (AvgIpc) is 2.38. The van der Waals surface area contributed by atoms with Gasteiger partial charge in [-0.2, -0.15) is 0 Å². The number of rotatable bonds is 5. The Morgan fingerprint density at radius 3 is 2.88 bits per heavy atom. The topological polar surface area (TPSA) is 94.3 Å². The quantitative estimate of drug-likeness (QED) is 0.689. The number of hydrogen-bond acceptors (Lipinski definition) is 5. The van der Waals surface area contributed by atoms with Crippen LogP contribution in [0.1, 0.15) is 18.0 Å². The Hall–Kier alpha value is -1.95. The van der Waals surface area contributed by atoms with Gasteiger partial charge in [-0.15, -0.1) is 0 Å². The van der Waals surface area contributed by atoms with Crippen molar-refractivity contribution in [1.82, 2.24) is 10.3 Å². The van der Waals surface area contributed by atoms with Crippen LogP contribution in [0.3, 0.4) is 0 Å². The molecule has 92 valence electrons. The molecule has 0 spiro atoms. The molecule has 17 heavy (non-hydrogen) atoms. The van der Waals surface area contributed by atoms with Gasteiger partial charge in [0, 0.05) is 12.4 Å². The van der Waals surface area contributed by atoms with Crippen molar-refractivity contribution in [2.45, 2.75) is 12.5 Å². The number of aromatic nitrogens is 1. The fourth-order valence-electron chi connectivity index (χ4n) is 1.34. The maximum Gasteiger partial charge on any atom is 0.307 e. The Morgan fingerprint density at radius 2 is 2.35 bits per heavy atom. The van der Waals surface area contributed by atoms with Crippen LogP contribution in [0.4, 0.5) is 0 Å². The average molecular weight is 237 g/mol. The predicted molar refractivity (Wildman–Crippen MR) is 60.8 cm³/mol. The van der Waals surface area contributed by atoms with Gasteiger partial charge in [0.2, 0.25) is 5.91 Å². The van der Waals surface area contributed by atoms with Crippen LogP contribution in [0.25, 0.3) is 0 Å². The van der Waals surface area contributed by atoms with Crippen LogP contribution in [-0.2, 0) is 14.3 Å². The molecule has 0 aliphatic heterocycles. The molecule has 0 radical (unpaired) electrons. The number of carbonyl (C=O) groups excluding carboxylic acids is 2. The van der Waals surface area contributed by atoms with Crippen LogP contribution in [0.5, 0.6) is 0 Å². The van der Waals surface area contributed by atoms with Crippen LogP contribution in [-0.4, -0.2) is 30.5 Å². The Morgan fingerprint density at radius 1 is 1.59 bits per heavy atom. The summed E-state index contributed by atoms with van der Waals surface area (Å²) in [5, 5.41) is 2.64. The van der Waals surface area contributed by atoms with E-state index in [1.165, 1.54) is 7.11 Å². The van der Waals surface area contributed by atoms with Crippen molar-refractivity contribution in [3.8, 4) is 0 Å². The molecule has 1 atom stereocenters. The second-order valence-corrected chi connectivity index (χ2v) is 3.39. The van der Waals surface area contributed by atoms with Gasteiger partial charge >= 0.3 is 5.97 Å². The maximum atomic E-state index is 11.3. The monoisotopic (exact) mass is 237 g/mol. The van der Waals surface area contributed by atoms with Crippen LogP contribution in [0.15, 0.2) is 24.5 Å². The van der Waals surface area contributed by atoms with E-state index in [9.17, 15) is 9.59 Å². The zero-order valence-electron chi connectivity index (χ0n) is 9.55. The van der Waals surface area contributed by atoms with Crippen LogP contribution in [0.2, 0.25) is 0 Å². The highest BCUT2D eigenvalue weighted by molar-refractivity contribution is 5.79. The molecule has 0 aromatic carbocycles. The first-order valence-electron chi connectivity index (χ1n) is 5.13. The smallest absolute Gasteiger partial charge is 0.307 e. The normalized spacial score (nSPS) is 11.6. The van der Waals surface area contributed by atoms with Crippen molar-refractivity contribution < 1.29 is 14.3 Å². The summed E-state index contributed by atoms with van der Waals surface area (Å²) in [6, 6.07) is 3.04. The molecule has 1 rings (SSSR count). The van der Waals surface area contributed by atoms with Crippen molar-refractivity contribution in [3.63, 3.8) is 0 Å². The van der Waals surface area contributed by atoms with E-state index in [0.717, 1.165) is 5.56 Å². The molecule has 1 aromatic rings. The van der Waals surface area contributed by atoms with E-state index in [1.807, 2.05) is 0 Å². The second kappa shape index (κ2) is 6.59. The van der Waals surface area contributed by atoms with Gasteiger partial charge in [0.1, 0.15) is 0 Å². The molecule has 3 N–H and O–H groups in total. The number of nitrogens with zero attached hydrogens (tertiary/aromatic N) is 1. The molecule has 1 heterocycles. The summed E-state index contributed by atoms with van der Waals surface area (Å²) in [5.41, 5.74) is 5.95. The van der Waals surface area contributed by atoms with Crippen molar-refractivity contribution >= 4 is 11.9 Å². The third kappa shape index (κ3) is 4.20. The molecule has 0 aliphatic carbocycles. The Bertz CT molecular complexity index is 363. The van der Waals surface area contributed by atoms with E-state index in [-0.39, 0.29) is 18.9 Å². The number of nitrogens with one attached hydrogen (secondary N) is 1. The molecule has 6 nitrogen and oxygen atoms in total. The number of esters is 1. The van der Waals surface area contributed by atoms with E-state index in [2.05, 4.69) is 15.0 Å². The molecule has 0 saturated carbocycles. The van der Waals surface area contributed by atoms with Crippen molar-refractivity contribution in [2.75, 3.05) is 13.7 Å². The number of amides is 1. The fraction of sp³-hybridized carbons (Fsp3) is 0.364. The van der Waals surface area contributed by atoms with E-state index < -0.39 is 12.0 Å². The van der Waals surface area contributed by atoms with Gasteiger partial charge in [0.05, 0.1) is 26.1 Å². The van der Waals surface area contributed by atoms with Gasteiger partial charge in [-0.25, -0.2) is 0 Å². The predicted octanol–water partition coefficient (Wildman–Crippen LogP) is -0.239. The van der Waals surface area contributed by atoms with E-state index >= 15 is 0 Å². The van der Waals surface area contributed by atoms with Crippen LogP contribution < -0.4 is 11.1 Å². The fourth-order valence-corrected chi connectivity index (χ4v) is 1.34. The van der Waals surface area contributed by atoms with Gasteiger partial charge in [-0.05, 0) is 11.6 Å². The lowest BCUT2D eigenvalue weighted by molar-refractivity contribution is -0.141. The number of hydrogen-bond donors (Lipinski definition) is 2. The lowest BCUT2D eigenvalue weighted by Crippen LogP contribution is -2.35. The number of carbonyl (C=O) groups is 2. The van der Waals surface area contributed by atoms with Crippen molar-refractivity contribution in [3.05, 3.63) is 30.1 Å². The molecule has 1 amide bonds. The minimum atomic E-state index is -0.466. The summed E-state index contributed by atoms with van der Waals surface area (Å²) in [5.74, 6) is -0.737. The molecule has 0 fully saturated rings. The number of pyridine rings is 1. The Kier molecular flexibility index (Phi) is 5.09. The molecular weight excluding hydrogens is 222 g/mol. The van der Waals surface area contributed by atoms with Gasteiger partial charge in [0.15, 0.2) is 0 Å². The van der Waals surface area contributed by atoms with Crippen molar-refractivity contribution in [1.29, 1.82) is 0 Å². The Labute approximate surface area is 99.2 Å². The first kappa shape index (κ1) is 13.1. The minimum absolute atomic E-state index is 0.0495. The molecule has 1 unspecified atom stereocenters. The Balaban J connectivity index is 2.79.